The van der Waals surface area contributed by atoms with Gasteiger partial charge in [0.1, 0.15) is 11.9 Å². The molecule has 34 heavy (non-hydrogen) atoms. The molecule has 1 N–H and O–H groups in total. The van der Waals surface area contributed by atoms with E-state index in [9.17, 15) is 32.3 Å². The van der Waals surface area contributed by atoms with Crippen molar-refractivity contribution in [3.8, 4) is 0 Å². The van der Waals surface area contributed by atoms with Gasteiger partial charge in [-0.25, -0.2) is 9.38 Å². The quantitative estimate of drug-likeness (QED) is 0.404. The first kappa shape index (κ1) is 24.0. The van der Waals surface area contributed by atoms with Gasteiger partial charge in [0, 0.05) is 23.8 Å². The Morgan fingerprint density at radius 2 is 1.82 bits per heavy atom. The second-order valence-electron chi connectivity index (χ2n) is 8.90. The fraction of sp³-hybridized carbons (Fsp3) is 0.522. The second kappa shape index (κ2) is 9.27. The van der Waals surface area contributed by atoms with Crippen molar-refractivity contribution in [3.05, 3.63) is 34.6 Å². The van der Waals surface area contributed by atoms with Crippen molar-refractivity contribution >= 4 is 29.8 Å². The summed E-state index contributed by atoms with van der Waals surface area (Å²) in [4.78, 5) is 53.3. The molecule has 2 atom stereocenters. The standard InChI is InChI=1S/C23H23F4N3O4/c24-19-14(20(32)28-10-16(23(25,26)27)12-4-2-1-3-5-12)7-6-13-15(19)11-30(22(13)34)17-8-9-18(31)29-21(17)33/h6-7,10,12,16-17H,1-5,8-9,11H2,(H,29,31,33)/b28-10+. The summed E-state index contributed by atoms with van der Waals surface area (Å²) in [5.74, 6) is -6.54. The largest absolute Gasteiger partial charge is 0.396 e. The normalized spacial score (nSPS) is 22.8. The van der Waals surface area contributed by atoms with Crippen molar-refractivity contribution in [2.24, 2.45) is 16.8 Å². The lowest BCUT2D eigenvalue weighted by Gasteiger charge is -2.29. The second-order valence-corrected chi connectivity index (χ2v) is 8.90. The molecule has 4 amide bonds. The van der Waals surface area contributed by atoms with Gasteiger partial charge in [-0.1, -0.05) is 19.3 Å². The maximum atomic E-state index is 15.2. The Bertz CT molecular complexity index is 1060. The van der Waals surface area contributed by atoms with Crippen molar-refractivity contribution in [2.45, 2.75) is 63.7 Å². The summed E-state index contributed by atoms with van der Waals surface area (Å²) in [5, 5.41) is 2.13. The Morgan fingerprint density at radius 1 is 1.12 bits per heavy atom. The predicted octanol–water partition coefficient (Wildman–Crippen LogP) is 3.56. The van der Waals surface area contributed by atoms with Gasteiger partial charge in [-0.15, -0.1) is 0 Å². The summed E-state index contributed by atoms with van der Waals surface area (Å²) in [7, 11) is 0. The Labute approximate surface area is 192 Å². The topological polar surface area (TPSA) is 95.9 Å². The third kappa shape index (κ3) is 4.60. The first-order valence-corrected chi connectivity index (χ1v) is 11.2. The lowest BCUT2D eigenvalue weighted by Crippen LogP contribution is -2.52. The highest BCUT2D eigenvalue weighted by Gasteiger charge is 2.44. The molecule has 182 valence electrons. The van der Waals surface area contributed by atoms with E-state index in [0.717, 1.165) is 17.4 Å². The molecule has 1 saturated heterocycles. The van der Waals surface area contributed by atoms with E-state index in [1.165, 1.54) is 6.07 Å². The average molecular weight is 481 g/mol. The number of benzene rings is 1. The first-order valence-electron chi connectivity index (χ1n) is 11.2. The minimum Gasteiger partial charge on any atom is -0.322 e. The van der Waals surface area contributed by atoms with Gasteiger partial charge in [-0.3, -0.25) is 24.5 Å². The van der Waals surface area contributed by atoms with Gasteiger partial charge in [0.15, 0.2) is 0 Å². The van der Waals surface area contributed by atoms with E-state index >= 15 is 4.39 Å². The molecule has 0 radical (unpaired) electrons. The van der Waals surface area contributed by atoms with Crippen LogP contribution in [-0.4, -0.2) is 47.0 Å². The van der Waals surface area contributed by atoms with Gasteiger partial charge >= 0.3 is 6.18 Å². The number of fused-ring (bicyclic) bond motifs is 1. The van der Waals surface area contributed by atoms with Crippen molar-refractivity contribution in [3.63, 3.8) is 0 Å². The summed E-state index contributed by atoms with van der Waals surface area (Å²) in [6.07, 6.45) is -0.895. The number of nitrogens with one attached hydrogen (secondary N) is 1. The SMILES string of the molecule is O=C1CCC(N2Cc3c(ccc(C(=O)/N=C/C(C4CCCCC4)C(F)(F)F)c3F)C2=O)C(=O)N1. The molecule has 0 spiro atoms. The van der Waals surface area contributed by atoms with E-state index < -0.39 is 59.1 Å². The third-order valence-electron chi connectivity index (χ3n) is 6.77. The van der Waals surface area contributed by atoms with E-state index in [1.807, 2.05) is 0 Å². The van der Waals surface area contributed by atoms with Crippen LogP contribution in [-0.2, 0) is 16.1 Å². The third-order valence-corrected chi connectivity index (χ3v) is 6.77. The number of hydrogen-bond acceptors (Lipinski definition) is 4. The molecule has 1 aromatic carbocycles. The Morgan fingerprint density at radius 3 is 2.47 bits per heavy atom. The first-order chi connectivity index (χ1) is 16.1. The van der Waals surface area contributed by atoms with E-state index in [0.29, 0.717) is 31.9 Å². The molecule has 2 fully saturated rings. The smallest absolute Gasteiger partial charge is 0.322 e. The lowest BCUT2D eigenvalue weighted by atomic mass is 9.80. The number of imide groups is 1. The zero-order chi connectivity index (χ0) is 24.6. The maximum Gasteiger partial charge on any atom is 0.396 e. The number of alkyl halides is 3. The van der Waals surface area contributed by atoms with Crippen LogP contribution in [0.4, 0.5) is 17.6 Å². The number of aliphatic imine (C=N–C) groups is 1. The Hall–Kier alpha value is -3.11. The number of halogens is 4. The van der Waals surface area contributed by atoms with E-state index in [4.69, 9.17) is 0 Å². The lowest BCUT2D eigenvalue weighted by molar-refractivity contribution is -0.168. The monoisotopic (exact) mass is 481 g/mol. The minimum absolute atomic E-state index is 0.0266. The maximum absolute atomic E-state index is 15.2. The minimum atomic E-state index is -4.57. The fourth-order valence-electron chi connectivity index (χ4n) is 4.95. The molecule has 2 heterocycles. The molecular formula is C23H23F4N3O4. The van der Waals surface area contributed by atoms with Crippen LogP contribution in [0.1, 0.15) is 71.2 Å². The summed E-state index contributed by atoms with van der Waals surface area (Å²) in [5.41, 5.74) is -0.717. The van der Waals surface area contributed by atoms with Crippen LogP contribution in [0.3, 0.4) is 0 Å². The molecule has 11 heteroatoms. The van der Waals surface area contributed by atoms with Crippen LogP contribution in [0.25, 0.3) is 0 Å². The van der Waals surface area contributed by atoms with Gasteiger partial charge in [0.2, 0.25) is 11.8 Å². The van der Waals surface area contributed by atoms with Crippen molar-refractivity contribution in [2.75, 3.05) is 0 Å². The zero-order valence-corrected chi connectivity index (χ0v) is 18.2. The van der Waals surface area contributed by atoms with Crippen LogP contribution in [0.5, 0.6) is 0 Å². The molecule has 1 aromatic rings. The van der Waals surface area contributed by atoms with Gasteiger partial charge in [-0.2, -0.15) is 13.2 Å². The molecule has 7 nitrogen and oxygen atoms in total. The van der Waals surface area contributed by atoms with Gasteiger partial charge < -0.3 is 4.90 Å². The van der Waals surface area contributed by atoms with Gasteiger partial charge in [0.25, 0.3) is 11.8 Å². The number of carbonyl (C=O) groups is 4. The van der Waals surface area contributed by atoms with Crippen LogP contribution in [0.15, 0.2) is 17.1 Å². The number of carbonyl (C=O) groups excluding carboxylic acids is 4. The van der Waals surface area contributed by atoms with Crippen LogP contribution in [0.2, 0.25) is 0 Å². The van der Waals surface area contributed by atoms with Gasteiger partial charge in [0.05, 0.1) is 18.0 Å². The zero-order valence-electron chi connectivity index (χ0n) is 18.2. The van der Waals surface area contributed by atoms with Crippen LogP contribution in [0, 0.1) is 17.7 Å². The molecule has 3 aliphatic rings. The van der Waals surface area contributed by atoms with Crippen molar-refractivity contribution in [1.82, 2.24) is 10.2 Å². The summed E-state index contributed by atoms with van der Waals surface area (Å²) < 4.78 is 55.8. The number of piperidine rings is 1. The highest BCUT2D eigenvalue weighted by Crippen LogP contribution is 2.39. The van der Waals surface area contributed by atoms with Gasteiger partial charge in [-0.05, 0) is 37.3 Å². The van der Waals surface area contributed by atoms with Crippen LogP contribution >= 0.6 is 0 Å². The number of nitrogens with zero attached hydrogens (tertiary/aromatic N) is 2. The van der Waals surface area contributed by atoms with Crippen molar-refractivity contribution in [1.29, 1.82) is 0 Å². The van der Waals surface area contributed by atoms with Crippen molar-refractivity contribution < 1.29 is 36.7 Å². The number of hydrogen-bond donors (Lipinski definition) is 1. The van der Waals surface area contributed by atoms with E-state index in [2.05, 4.69) is 10.3 Å². The summed E-state index contributed by atoms with van der Waals surface area (Å²) in [6.45, 7) is -0.301. The summed E-state index contributed by atoms with van der Waals surface area (Å²) >= 11 is 0. The summed E-state index contributed by atoms with van der Waals surface area (Å²) in [6, 6.07) is 1.26. The molecular weight excluding hydrogens is 458 g/mol. The highest BCUT2D eigenvalue weighted by atomic mass is 19.4. The molecule has 1 aliphatic carbocycles. The average Bonchev–Trinajstić information content (AvgIpc) is 3.11. The Balaban J connectivity index is 1.54. The molecule has 2 aliphatic heterocycles. The Kier molecular flexibility index (Phi) is 6.55. The molecule has 0 bridgehead atoms. The fourth-order valence-corrected chi connectivity index (χ4v) is 4.95. The highest BCUT2D eigenvalue weighted by molar-refractivity contribution is 6.06. The van der Waals surface area contributed by atoms with E-state index in [1.54, 1.807) is 0 Å². The molecule has 4 rings (SSSR count). The predicted molar refractivity (Wildman–Crippen MR) is 111 cm³/mol. The molecule has 2 unspecified atom stereocenters. The molecule has 1 saturated carbocycles. The number of amides is 4. The van der Waals surface area contributed by atoms with E-state index in [-0.39, 0.29) is 30.5 Å². The number of rotatable bonds is 4. The van der Waals surface area contributed by atoms with Crippen LogP contribution < -0.4 is 5.32 Å². The molecule has 0 aromatic heterocycles.